The fourth-order valence-corrected chi connectivity index (χ4v) is 2.80. The number of nitrogens with zero attached hydrogens (tertiary/aromatic N) is 2. The molecule has 156 valence electrons. The molecule has 0 atom stereocenters. The second-order valence-corrected chi connectivity index (χ2v) is 6.61. The number of benzene rings is 3. The van der Waals surface area contributed by atoms with E-state index in [4.69, 9.17) is 9.26 Å². The molecular weight excluding hydrogens is 404 g/mol. The van der Waals surface area contributed by atoms with Crippen LogP contribution in [0.2, 0.25) is 0 Å². The standard InChI is InChI=1S/C23H17F2N3O3/c24-18-9-6-17(20(25)12-18)13-26-21(29)14-30-19-10-7-16(8-11-19)23-27-22(28-31-23)15-4-2-1-3-5-15/h1-12H,13-14H2,(H,26,29). The summed E-state index contributed by atoms with van der Waals surface area (Å²) in [5.74, 6) is -0.494. The summed E-state index contributed by atoms with van der Waals surface area (Å²) < 4.78 is 37.3. The summed E-state index contributed by atoms with van der Waals surface area (Å²) in [7, 11) is 0. The maximum absolute atomic E-state index is 13.6. The molecule has 1 N–H and O–H groups in total. The van der Waals surface area contributed by atoms with E-state index in [0.29, 0.717) is 23.0 Å². The molecule has 8 heteroatoms. The molecule has 0 aliphatic rings. The first-order valence-corrected chi connectivity index (χ1v) is 9.41. The highest BCUT2D eigenvalue weighted by Gasteiger charge is 2.11. The van der Waals surface area contributed by atoms with Crippen LogP contribution in [0.1, 0.15) is 5.56 Å². The Morgan fingerprint density at radius 1 is 0.968 bits per heavy atom. The van der Waals surface area contributed by atoms with Gasteiger partial charge in [0.1, 0.15) is 17.4 Å². The molecule has 3 aromatic carbocycles. The Morgan fingerprint density at radius 2 is 1.74 bits per heavy atom. The number of hydrogen-bond acceptors (Lipinski definition) is 5. The van der Waals surface area contributed by atoms with Crippen molar-refractivity contribution in [2.45, 2.75) is 6.54 Å². The summed E-state index contributed by atoms with van der Waals surface area (Å²) in [6, 6.07) is 19.5. The topological polar surface area (TPSA) is 77.2 Å². The molecule has 0 radical (unpaired) electrons. The summed E-state index contributed by atoms with van der Waals surface area (Å²) in [6.07, 6.45) is 0. The van der Waals surface area contributed by atoms with Crippen molar-refractivity contribution in [3.63, 3.8) is 0 Å². The summed E-state index contributed by atoms with van der Waals surface area (Å²) in [4.78, 5) is 16.3. The molecule has 1 aromatic heterocycles. The molecule has 0 unspecified atom stereocenters. The summed E-state index contributed by atoms with van der Waals surface area (Å²) in [5, 5.41) is 6.51. The molecule has 6 nitrogen and oxygen atoms in total. The van der Waals surface area contributed by atoms with Crippen molar-refractivity contribution in [3.8, 4) is 28.6 Å². The molecule has 4 rings (SSSR count). The molecule has 1 heterocycles. The normalized spacial score (nSPS) is 10.6. The van der Waals surface area contributed by atoms with Gasteiger partial charge in [0, 0.05) is 29.3 Å². The van der Waals surface area contributed by atoms with Gasteiger partial charge in [0.2, 0.25) is 5.82 Å². The first-order valence-electron chi connectivity index (χ1n) is 9.41. The van der Waals surface area contributed by atoms with E-state index in [2.05, 4.69) is 15.5 Å². The number of hydrogen-bond donors (Lipinski definition) is 1. The Kier molecular flexibility index (Phi) is 5.98. The van der Waals surface area contributed by atoms with Gasteiger partial charge in [0.15, 0.2) is 6.61 Å². The Hall–Kier alpha value is -4.07. The SMILES string of the molecule is O=C(COc1ccc(-c2nc(-c3ccccc3)no2)cc1)NCc1ccc(F)cc1F. The number of nitrogens with one attached hydrogen (secondary N) is 1. The highest BCUT2D eigenvalue weighted by Crippen LogP contribution is 2.24. The molecule has 0 bridgehead atoms. The predicted molar refractivity (Wildman–Crippen MR) is 109 cm³/mol. The minimum absolute atomic E-state index is 0.0614. The maximum Gasteiger partial charge on any atom is 0.258 e. The number of rotatable bonds is 7. The van der Waals surface area contributed by atoms with Crippen LogP contribution in [0.5, 0.6) is 5.75 Å². The van der Waals surface area contributed by atoms with Gasteiger partial charge in [-0.3, -0.25) is 4.79 Å². The quantitative estimate of drug-likeness (QED) is 0.479. The monoisotopic (exact) mass is 421 g/mol. The van der Waals surface area contributed by atoms with E-state index in [-0.39, 0.29) is 18.7 Å². The van der Waals surface area contributed by atoms with Gasteiger partial charge >= 0.3 is 0 Å². The number of carbonyl (C=O) groups is 1. The first kappa shape index (κ1) is 20.2. The van der Waals surface area contributed by atoms with Crippen molar-refractivity contribution in [1.82, 2.24) is 15.5 Å². The van der Waals surface area contributed by atoms with Gasteiger partial charge in [0.05, 0.1) is 0 Å². The van der Waals surface area contributed by atoms with Gasteiger partial charge in [0.25, 0.3) is 11.8 Å². The van der Waals surface area contributed by atoms with Crippen molar-refractivity contribution in [3.05, 3.63) is 90.0 Å². The predicted octanol–water partition coefficient (Wildman–Crippen LogP) is 4.38. The Bertz CT molecular complexity index is 1180. The lowest BCUT2D eigenvalue weighted by Crippen LogP contribution is -2.28. The van der Waals surface area contributed by atoms with E-state index in [1.165, 1.54) is 6.07 Å². The van der Waals surface area contributed by atoms with Crippen LogP contribution in [0.3, 0.4) is 0 Å². The van der Waals surface area contributed by atoms with E-state index in [9.17, 15) is 13.6 Å². The smallest absolute Gasteiger partial charge is 0.258 e. The lowest BCUT2D eigenvalue weighted by molar-refractivity contribution is -0.123. The van der Waals surface area contributed by atoms with Gasteiger partial charge in [-0.15, -0.1) is 0 Å². The third-order valence-corrected chi connectivity index (χ3v) is 4.42. The molecule has 0 aliphatic heterocycles. The van der Waals surface area contributed by atoms with Crippen LogP contribution in [-0.4, -0.2) is 22.7 Å². The zero-order valence-electron chi connectivity index (χ0n) is 16.2. The second-order valence-electron chi connectivity index (χ2n) is 6.61. The molecule has 0 aliphatic carbocycles. The molecule has 31 heavy (non-hydrogen) atoms. The summed E-state index contributed by atoms with van der Waals surface area (Å²) in [6.45, 7) is -0.310. The fourth-order valence-electron chi connectivity index (χ4n) is 2.80. The lowest BCUT2D eigenvalue weighted by Gasteiger charge is -2.08. The number of amides is 1. The zero-order valence-corrected chi connectivity index (χ0v) is 16.2. The first-order chi connectivity index (χ1) is 15.1. The average molecular weight is 421 g/mol. The number of aromatic nitrogens is 2. The Labute approximate surface area is 176 Å². The van der Waals surface area contributed by atoms with Crippen molar-refractivity contribution in [2.24, 2.45) is 0 Å². The minimum atomic E-state index is -0.715. The Morgan fingerprint density at radius 3 is 2.48 bits per heavy atom. The maximum atomic E-state index is 13.6. The largest absolute Gasteiger partial charge is 0.484 e. The molecule has 0 saturated heterocycles. The molecule has 0 spiro atoms. The van der Waals surface area contributed by atoms with Crippen LogP contribution in [-0.2, 0) is 11.3 Å². The van der Waals surface area contributed by atoms with Gasteiger partial charge < -0.3 is 14.6 Å². The number of carbonyl (C=O) groups excluding carboxylic acids is 1. The van der Waals surface area contributed by atoms with Crippen LogP contribution in [0.4, 0.5) is 8.78 Å². The Balaban J connectivity index is 1.30. The van der Waals surface area contributed by atoms with Crippen molar-refractivity contribution < 1.29 is 22.8 Å². The zero-order chi connectivity index (χ0) is 21.6. The summed E-state index contributed by atoms with van der Waals surface area (Å²) in [5.41, 5.74) is 1.75. The van der Waals surface area contributed by atoms with E-state index in [1.807, 2.05) is 30.3 Å². The average Bonchev–Trinajstić information content (AvgIpc) is 3.28. The van der Waals surface area contributed by atoms with E-state index >= 15 is 0 Å². The van der Waals surface area contributed by atoms with Gasteiger partial charge in [-0.2, -0.15) is 4.98 Å². The molecule has 0 fully saturated rings. The van der Waals surface area contributed by atoms with Crippen molar-refractivity contribution in [1.29, 1.82) is 0 Å². The van der Waals surface area contributed by atoms with Gasteiger partial charge in [-0.25, -0.2) is 8.78 Å². The number of halogens is 2. The molecule has 1 amide bonds. The highest BCUT2D eigenvalue weighted by molar-refractivity contribution is 5.77. The van der Waals surface area contributed by atoms with Crippen LogP contribution < -0.4 is 10.1 Å². The van der Waals surface area contributed by atoms with Crippen LogP contribution in [0.15, 0.2) is 77.3 Å². The lowest BCUT2D eigenvalue weighted by atomic mass is 10.2. The molecule has 0 saturated carbocycles. The highest BCUT2D eigenvalue weighted by atomic mass is 19.1. The van der Waals surface area contributed by atoms with Crippen molar-refractivity contribution >= 4 is 5.91 Å². The van der Waals surface area contributed by atoms with E-state index in [1.54, 1.807) is 24.3 Å². The third-order valence-electron chi connectivity index (χ3n) is 4.42. The second kappa shape index (κ2) is 9.17. The van der Waals surface area contributed by atoms with Gasteiger partial charge in [-0.1, -0.05) is 41.6 Å². The number of ether oxygens (including phenoxy) is 1. The van der Waals surface area contributed by atoms with Crippen LogP contribution in [0.25, 0.3) is 22.8 Å². The summed E-state index contributed by atoms with van der Waals surface area (Å²) >= 11 is 0. The third kappa shape index (κ3) is 5.11. The van der Waals surface area contributed by atoms with E-state index in [0.717, 1.165) is 17.7 Å². The minimum Gasteiger partial charge on any atom is -0.484 e. The van der Waals surface area contributed by atoms with Gasteiger partial charge in [-0.05, 0) is 30.3 Å². The fraction of sp³-hybridized carbons (Fsp3) is 0.0870. The molecular formula is C23H17F2N3O3. The van der Waals surface area contributed by atoms with Crippen LogP contribution in [0, 0.1) is 11.6 Å². The van der Waals surface area contributed by atoms with E-state index < -0.39 is 17.5 Å². The van der Waals surface area contributed by atoms with Crippen LogP contribution >= 0.6 is 0 Å². The van der Waals surface area contributed by atoms with Crippen molar-refractivity contribution in [2.75, 3.05) is 6.61 Å². The molecule has 4 aromatic rings.